The predicted octanol–water partition coefficient (Wildman–Crippen LogP) is -0.470. The Balaban J connectivity index is 1.88. The fourth-order valence-corrected chi connectivity index (χ4v) is 3.91. The van der Waals surface area contributed by atoms with Crippen LogP contribution in [0.15, 0.2) is 49.0 Å². The molecular weight excluding hydrogens is 478 g/mol. The highest BCUT2D eigenvalue weighted by molar-refractivity contribution is 5.90. The van der Waals surface area contributed by atoms with Crippen molar-refractivity contribution in [2.75, 3.05) is 20.8 Å². The molecule has 2 aliphatic heterocycles. The lowest BCUT2D eigenvalue weighted by molar-refractivity contribution is -0.338. The van der Waals surface area contributed by atoms with Crippen molar-refractivity contribution in [2.24, 2.45) is 11.8 Å². The van der Waals surface area contributed by atoms with Crippen LogP contribution in [0.5, 0.6) is 0 Å². The average Bonchev–Trinajstić information content (AvgIpc) is 2.91. The summed E-state index contributed by atoms with van der Waals surface area (Å²) in [5.74, 6) is -2.63. The van der Waals surface area contributed by atoms with Crippen molar-refractivity contribution >= 4 is 18.0 Å². The van der Waals surface area contributed by atoms with Gasteiger partial charge in [-0.3, -0.25) is 4.98 Å². The van der Waals surface area contributed by atoms with Crippen LogP contribution in [0.2, 0.25) is 0 Å². The van der Waals surface area contributed by atoms with Crippen molar-refractivity contribution in [1.29, 1.82) is 0 Å². The maximum absolute atomic E-state index is 12.4. The summed E-state index contributed by atoms with van der Waals surface area (Å²) >= 11 is 0. The quantitative estimate of drug-likeness (QED) is 0.263. The van der Waals surface area contributed by atoms with E-state index in [1.54, 1.807) is 18.2 Å². The summed E-state index contributed by atoms with van der Waals surface area (Å²) in [4.78, 5) is 28.3. The third-order valence-electron chi connectivity index (χ3n) is 5.90. The summed E-state index contributed by atoms with van der Waals surface area (Å²) < 4.78 is 26.3. The van der Waals surface area contributed by atoms with E-state index in [-0.39, 0.29) is 11.1 Å². The number of rotatable bonds is 8. The largest absolute Gasteiger partial charge is 0.471 e. The number of carbonyl (C=O) groups excluding carboxylic acids is 2. The van der Waals surface area contributed by atoms with Gasteiger partial charge in [-0.2, -0.15) is 0 Å². The van der Waals surface area contributed by atoms with E-state index in [0.29, 0.717) is 5.56 Å². The monoisotopic (exact) mass is 507 g/mol. The Kier molecular flexibility index (Phi) is 9.31. The molecule has 0 amide bonds. The molecule has 12 heteroatoms. The number of aliphatic hydroxyl groups is 4. The fourth-order valence-electron chi connectivity index (χ4n) is 3.91. The molecule has 0 bridgehead atoms. The maximum atomic E-state index is 12.4. The Hall–Kier alpha value is -3.13. The zero-order valence-corrected chi connectivity index (χ0v) is 19.7. The molecule has 3 rings (SSSR count). The minimum absolute atomic E-state index is 0.143. The van der Waals surface area contributed by atoms with E-state index in [1.807, 2.05) is 0 Å². The van der Waals surface area contributed by atoms with Gasteiger partial charge >= 0.3 is 11.9 Å². The van der Waals surface area contributed by atoms with Crippen molar-refractivity contribution in [3.05, 3.63) is 60.2 Å². The molecule has 0 unspecified atom stereocenters. The van der Waals surface area contributed by atoms with Crippen molar-refractivity contribution in [3.8, 4) is 0 Å². The second-order valence-electron chi connectivity index (χ2n) is 8.10. The predicted molar refractivity (Wildman–Crippen MR) is 122 cm³/mol. The molecule has 1 aromatic rings. The number of methoxy groups -OCH3 is 2. The van der Waals surface area contributed by atoms with Crippen LogP contribution in [0.1, 0.15) is 15.9 Å². The summed E-state index contributed by atoms with van der Waals surface area (Å²) in [6.45, 7) is 3.17. The van der Waals surface area contributed by atoms with Crippen molar-refractivity contribution in [2.45, 2.75) is 37.0 Å². The van der Waals surface area contributed by atoms with Gasteiger partial charge in [0.2, 0.25) is 6.29 Å². The molecule has 0 aromatic carbocycles. The van der Waals surface area contributed by atoms with E-state index in [9.17, 15) is 30.0 Å². The lowest BCUT2D eigenvalue weighted by Crippen LogP contribution is -2.60. The van der Waals surface area contributed by atoms with E-state index in [4.69, 9.17) is 23.7 Å². The van der Waals surface area contributed by atoms with Crippen LogP contribution >= 0.6 is 0 Å². The molecule has 1 fully saturated rings. The number of aromatic nitrogens is 1. The third-order valence-corrected chi connectivity index (χ3v) is 5.90. The Bertz CT molecular complexity index is 1010. The van der Waals surface area contributed by atoms with E-state index in [2.05, 4.69) is 11.6 Å². The van der Waals surface area contributed by atoms with Crippen molar-refractivity contribution in [3.63, 3.8) is 0 Å². The number of hydrogen-bond acceptors (Lipinski definition) is 12. The molecule has 8 atom stereocenters. The van der Waals surface area contributed by atoms with Gasteiger partial charge in [-0.05, 0) is 11.6 Å². The average molecular weight is 507 g/mol. The number of ether oxygens (including phenoxy) is 5. The molecule has 1 aromatic heterocycles. The molecule has 3 heterocycles. The van der Waals surface area contributed by atoms with Crippen LogP contribution in [0.25, 0.3) is 6.08 Å². The van der Waals surface area contributed by atoms with Gasteiger partial charge in [0.15, 0.2) is 6.29 Å². The van der Waals surface area contributed by atoms with Gasteiger partial charge in [0.1, 0.15) is 24.4 Å². The van der Waals surface area contributed by atoms with Gasteiger partial charge in [-0.1, -0.05) is 18.2 Å². The van der Waals surface area contributed by atoms with E-state index in [1.165, 1.54) is 32.7 Å². The van der Waals surface area contributed by atoms with Gasteiger partial charge in [0.25, 0.3) is 0 Å². The minimum atomic E-state index is -1.65. The first kappa shape index (κ1) is 27.5. The molecule has 2 aliphatic rings. The molecule has 12 nitrogen and oxygen atoms in total. The highest BCUT2D eigenvalue weighted by atomic mass is 16.8. The summed E-state index contributed by atoms with van der Waals surface area (Å²) in [7, 11) is 2.47. The van der Waals surface area contributed by atoms with Gasteiger partial charge < -0.3 is 44.1 Å². The highest BCUT2D eigenvalue weighted by Gasteiger charge is 2.47. The second kappa shape index (κ2) is 12.2. The molecule has 0 saturated carbocycles. The number of pyridine rings is 1. The molecule has 4 N–H and O–H groups in total. The van der Waals surface area contributed by atoms with E-state index in [0.717, 1.165) is 6.26 Å². The zero-order chi connectivity index (χ0) is 26.4. The molecule has 0 spiro atoms. The van der Waals surface area contributed by atoms with Gasteiger partial charge in [-0.15, -0.1) is 6.58 Å². The summed E-state index contributed by atoms with van der Waals surface area (Å²) in [6.07, 6.45) is 0.145. The molecule has 1 saturated heterocycles. The number of esters is 2. The van der Waals surface area contributed by atoms with Crippen molar-refractivity contribution < 1.29 is 53.7 Å². The van der Waals surface area contributed by atoms with Gasteiger partial charge in [0.05, 0.1) is 44.1 Å². The van der Waals surface area contributed by atoms with Gasteiger partial charge in [0, 0.05) is 18.3 Å². The van der Waals surface area contributed by atoms with Crippen LogP contribution in [-0.4, -0.2) is 95.2 Å². The summed E-state index contributed by atoms with van der Waals surface area (Å²) in [5, 5.41) is 39.8. The third kappa shape index (κ3) is 5.81. The van der Waals surface area contributed by atoms with Crippen LogP contribution < -0.4 is 0 Å². The lowest BCUT2D eigenvalue weighted by Gasteiger charge is -2.42. The first-order valence-corrected chi connectivity index (χ1v) is 11.0. The molecule has 36 heavy (non-hydrogen) atoms. The number of hydrogen-bond donors (Lipinski definition) is 4. The van der Waals surface area contributed by atoms with E-state index < -0.39 is 67.4 Å². The SMILES string of the molecule is C=C[C@H]1[C@H](O[C@@H]2O[C@H](CO)[C@@H](O)[C@H](O)[C@H]2O)OC=C(C(=O)OC)[C@H]1/C=C/c1cncc(C(=O)OC)c1. The smallest absolute Gasteiger partial charge is 0.339 e. The summed E-state index contributed by atoms with van der Waals surface area (Å²) in [5.41, 5.74) is 0.923. The van der Waals surface area contributed by atoms with Crippen LogP contribution in [0.4, 0.5) is 0 Å². The second-order valence-corrected chi connectivity index (χ2v) is 8.10. The normalized spacial score (nSPS) is 32.3. The summed E-state index contributed by atoms with van der Waals surface area (Å²) in [6, 6.07) is 1.56. The van der Waals surface area contributed by atoms with Gasteiger partial charge in [-0.25, -0.2) is 9.59 Å². The van der Waals surface area contributed by atoms with E-state index >= 15 is 0 Å². The maximum Gasteiger partial charge on any atom is 0.339 e. The molecule has 0 radical (unpaired) electrons. The molecular formula is C24H29NO11. The van der Waals surface area contributed by atoms with Crippen LogP contribution in [-0.2, 0) is 28.5 Å². The highest BCUT2D eigenvalue weighted by Crippen LogP contribution is 2.36. The Labute approximate surface area is 207 Å². The number of allylic oxidation sites excluding steroid dienone is 1. The standard InChI is InChI=1S/C24H29NO11/c1-4-14-15(6-5-12-7-13(9-25-8-12)21(30)32-2)16(22(31)33-3)11-34-23(14)36-24-20(29)19(28)18(27)17(10-26)35-24/h4-9,11,14-15,17-20,23-24,26-29H,1,10H2,2-3H3/b6-5+/t14-,15+,17-,18-,19+,20-,23+,24+/m1/s1. The topological polar surface area (TPSA) is 174 Å². The number of aliphatic hydroxyl groups excluding tert-OH is 4. The van der Waals surface area contributed by atoms with Crippen LogP contribution in [0, 0.1) is 11.8 Å². The van der Waals surface area contributed by atoms with Crippen LogP contribution in [0.3, 0.4) is 0 Å². The Morgan fingerprint density at radius 1 is 1.08 bits per heavy atom. The Morgan fingerprint density at radius 3 is 2.44 bits per heavy atom. The fraction of sp³-hybridized carbons (Fsp3) is 0.458. The molecule has 196 valence electrons. The minimum Gasteiger partial charge on any atom is -0.471 e. The zero-order valence-electron chi connectivity index (χ0n) is 19.7. The Morgan fingerprint density at radius 2 is 1.81 bits per heavy atom. The number of nitrogens with zero attached hydrogens (tertiary/aromatic N) is 1. The molecule has 0 aliphatic carbocycles. The first-order valence-electron chi connectivity index (χ1n) is 11.0. The first-order chi connectivity index (χ1) is 17.2. The lowest BCUT2D eigenvalue weighted by atomic mass is 9.83. The number of carbonyl (C=O) groups is 2. The van der Waals surface area contributed by atoms with Crippen molar-refractivity contribution in [1.82, 2.24) is 4.98 Å².